The fourth-order valence-electron chi connectivity index (χ4n) is 5.34. The number of hydrogen-bond acceptors (Lipinski definition) is 5. The predicted molar refractivity (Wildman–Crippen MR) is 114 cm³/mol. The largest absolute Gasteiger partial charge is 0.495 e. The molecule has 7 heteroatoms. The van der Waals surface area contributed by atoms with Gasteiger partial charge in [-0.2, -0.15) is 0 Å². The highest BCUT2D eigenvalue weighted by molar-refractivity contribution is 7.91. The lowest BCUT2D eigenvalue weighted by molar-refractivity contribution is -0.134. The van der Waals surface area contributed by atoms with Gasteiger partial charge in [0, 0.05) is 18.6 Å². The molecule has 6 nitrogen and oxygen atoms in total. The molecule has 0 radical (unpaired) electrons. The third kappa shape index (κ3) is 4.11. The molecule has 0 aromatic heterocycles. The third-order valence-corrected chi connectivity index (χ3v) is 8.61. The zero-order chi connectivity index (χ0) is 20.6. The third-order valence-electron chi connectivity index (χ3n) is 6.86. The van der Waals surface area contributed by atoms with Crippen LogP contribution < -0.4 is 9.64 Å². The van der Waals surface area contributed by atoms with Gasteiger partial charge in [-0.3, -0.25) is 4.79 Å². The van der Waals surface area contributed by atoms with E-state index in [1.54, 1.807) is 7.11 Å². The van der Waals surface area contributed by atoms with Gasteiger partial charge in [-0.15, -0.1) is 0 Å². The molecule has 0 N–H and O–H groups in total. The number of fused-ring (bicyclic) bond motifs is 1. The van der Waals surface area contributed by atoms with Gasteiger partial charge in [0.2, 0.25) is 5.91 Å². The Morgan fingerprint density at radius 1 is 1.17 bits per heavy atom. The van der Waals surface area contributed by atoms with E-state index in [0.29, 0.717) is 12.3 Å². The van der Waals surface area contributed by atoms with E-state index in [1.165, 1.54) is 5.56 Å². The lowest BCUT2D eigenvalue weighted by Gasteiger charge is -2.39. The highest BCUT2D eigenvalue weighted by Crippen LogP contribution is 2.41. The summed E-state index contributed by atoms with van der Waals surface area (Å²) in [7, 11) is -1.36. The van der Waals surface area contributed by atoms with E-state index >= 15 is 0 Å². The summed E-state index contributed by atoms with van der Waals surface area (Å²) in [6.45, 7) is 3.31. The van der Waals surface area contributed by atoms with Gasteiger partial charge in [-0.25, -0.2) is 8.42 Å². The van der Waals surface area contributed by atoms with Gasteiger partial charge in [0.15, 0.2) is 9.84 Å². The van der Waals surface area contributed by atoms with Gasteiger partial charge in [-0.1, -0.05) is 31.9 Å². The maximum Gasteiger partial charge on any atom is 0.242 e. The number of nitrogens with zero attached hydrogens (tertiary/aromatic N) is 2. The smallest absolute Gasteiger partial charge is 0.242 e. The van der Waals surface area contributed by atoms with Crippen molar-refractivity contribution in [1.29, 1.82) is 0 Å². The van der Waals surface area contributed by atoms with Crippen molar-refractivity contribution >= 4 is 21.4 Å². The molecular formula is C22H32N2O4S. The van der Waals surface area contributed by atoms with Gasteiger partial charge in [0.1, 0.15) is 5.75 Å². The second kappa shape index (κ2) is 8.17. The molecular weight excluding hydrogens is 388 g/mol. The number of benzene rings is 1. The molecule has 0 spiro atoms. The van der Waals surface area contributed by atoms with E-state index in [1.807, 2.05) is 17.0 Å². The normalized spacial score (nSPS) is 26.3. The summed E-state index contributed by atoms with van der Waals surface area (Å²) >= 11 is 0. The Morgan fingerprint density at radius 3 is 2.59 bits per heavy atom. The van der Waals surface area contributed by atoms with Crippen molar-refractivity contribution < 1.29 is 17.9 Å². The SMILES string of the molecule is COc1cccc2c1N(CC(=O)N(C1CCCC1)C1CCS(=O)(=O)C1)CCC2C. The summed E-state index contributed by atoms with van der Waals surface area (Å²) in [6, 6.07) is 6.09. The molecule has 3 aliphatic rings. The summed E-state index contributed by atoms with van der Waals surface area (Å²) in [5.74, 6) is 1.61. The fraction of sp³-hybridized carbons (Fsp3) is 0.682. The highest BCUT2D eigenvalue weighted by Gasteiger charge is 2.40. The van der Waals surface area contributed by atoms with Crippen molar-refractivity contribution in [1.82, 2.24) is 4.90 Å². The van der Waals surface area contributed by atoms with E-state index in [9.17, 15) is 13.2 Å². The van der Waals surface area contributed by atoms with Crippen LogP contribution in [0, 0.1) is 0 Å². The zero-order valence-corrected chi connectivity index (χ0v) is 18.3. The first-order chi connectivity index (χ1) is 13.9. The van der Waals surface area contributed by atoms with Crippen LogP contribution >= 0.6 is 0 Å². The Labute approximate surface area is 174 Å². The molecule has 160 valence electrons. The topological polar surface area (TPSA) is 66.9 Å². The van der Waals surface area contributed by atoms with Crippen LogP contribution in [0.4, 0.5) is 5.69 Å². The summed E-state index contributed by atoms with van der Waals surface area (Å²) in [5.41, 5.74) is 2.24. The Morgan fingerprint density at radius 2 is 1.93 bits per heavy atom. The molecule has 1 aromatic carbocycles. The van der Waals surface area contributed by atoms with Crippen molar-refractivity contribution in [3.05, 3.63) is 23.8 Å². The van der Waals surface area contributed by atoms with Crippen LogP contribution in [0.25, 0.3) is 0 Å². The number of hydrogen-bond donors (Lipinski definition) is 0. The summed E-state index contributed by atoms with van der Waals surface area (Å²) < 4.78 is 29.8. The number of methoxy groups -OCH3 is 1. The molecule has 2 fully saturated rings. The highest BCUT2D eigenvalue weighted by atomic mass is 32.2. The average molecular weight is 421 g/mol. The standard InChI is InChI=1S/C22H32N2O4S/c1-16-10-12-23(22-19(16)8-5-9-20(22)28-2)14-21(25)24(17-6-3-4-7-17)18-11-13-29(26,27)15-18/h5,8-9,16-18H,3-4,6-7,10-15H2,1-2H3. The predicted octanol–water partition coefficient (Wildman–Crippen LogP) is 2.97. The molecule has 2 heterocycles. The van der Waals surface area contributed by atoms with E-state index in [-0.39, 0.29) is 36.0 Å². The average Bonchev–Trinajstić information content (AvgIpc) is 3.34. The van der Waals surface area contributed by atoms with E-state index in [2.05, 4.69) is 17.9 Å². The second-order valence-corrected chi connectivity index (χ2v) is 11.0. The van der Waals surface area contributed by atoms with Gasteiger partial charge in [-0.05, 0) is 43.2 Å². The number of sulfone groups is 1. The quantitative estimate of drug-likeness (QED) is 0.733. The van der Waals surface area contributed by atoms with Crippen molar-refractivity contribution in [3.63, 3.8) is 0 Å². The van der Waals surface area contributed by atoms with Gasteiger partial charge in [0.05, 0.1) is 30.8 Å². The number of amides is 1. The molecule has 2 atom stereocenters. The summed E-state index contributed by atoms with van der Waals surface area (Å²) in [5, 5.41) is 0. The molecule has 0 bridgehead atoms. The summed E-state index contributed by atoms with van der Waals surface area (Å²) in [6.07, 6.45) is 5.77. The molecule has 29 heavy (non-hydrogen) atoms. The fourth-order valence-corrected chi connectivity index (χ4v) is 7.05. The summed E-state index contributed by atoms with van der Waals surface area (Å²) in [4.78, 5) is 17.6. The van der Waals surface area contributed by atoms with Gasteiger partial charge in [0.25, 0.3) is 0 Å². The minimum absolute atomic E-state index is 0.0606. The molecule has 1 saturated heterocycles. The number of para-hydroxylation sites is 1. The Hall–Kier alpha value is -1.76. The van der Waals surface area contributed by atoms with Crippen molar-refractivity contribution in [2.24, 2.45) is 0 Å². The first-order valence-electron chi connectivity index (χ1n) is 10.8. The van der Waals surface area contributed by atoms with Crippen LogP contribution in [-0.4, -0.2) is 63.0 Å². The minimum Gasteiger partial charge on any atom is -0.495 e. The van der Waals surface area contributed by atoms with Crippen LogP contribution in [0.3, 0.4) is 0 Å². The molecule has 1 saturated carbocycles. The number of carbonyl (C=O) groups excluding carboxylic acids is 1. The number of carbonyl (C=O) groups is 1. The number of ether oxygens (including phenoxy) is 1. The first-order valence-corrected chi connectivity index (χ1v) is 12.6. The van der Waals surface area contributed by atoms with E-state index in [4.69, 9.17) is 4.74 Å². The minimum atomic E-state index is -3.03. The van der Waals surface area contributed by atoms with Crippen LogP contribution in [0.5, 0.6) is 5.75 Å². The second-order valence-electron chi connectivity index (χ2n) is 8.81. The molecule has 1 aliphatic carbocycles. The van der Waals surface area contributed by atoms with Crippen molar-refractivity contribution in [3.8, 4) is 5.75 Å². The van der Waals surface area contributed by atoms with E-state index < -0.39 is 9.84 Å². The lowest BCUT2D eigenvalue weighted by Crippen LogP contribution is -2.51. The molecule has 4 rings (SSSR count). The van der Waals surface area contributed by atoms with Crippen LogP contribution in [0.15, 0.2) is 18.2 Å². The number of anilines is 1. The Balaban J connectivity index is 1.59. The van der Waals surface area contributed by atoms with Crippen molar-refractivity contribution in [2.75, 3.05) is 36.6 Å². The monoisotopic (exact) mass is 420 g/mol. The van der Waals surface area contributed by atoms with Gasteiger partial charge >= 0.3 is 0 Å². The molecule has 2 aliphatic heterocycles. The zero-order valence-electron chi connectivity index (χ0n) is 17.5. The maximum absolute atomic E-state index is 13.5. The Kier molecular flexibility index (Phi) is 5.78. The maximum atomic E-state index is 13.5. The van der Waals surface area contributed by atoms with Crippen molar-refractivity contribution in [2.45, 2.75) is 63.5 Å². The number of rotatable bonds is 5. The molecule has 1 amide bonds. The van der Waals surface area contributed by atoms with Crippen LogP contribution in [-0.2, 0) is 14.6 Å². The van der Waals surface area contributed by atoms with Crippen LogP contribution in [0.1, 0.15) is 56.9 Å². The van der Waals surface area contributed by atoms with E-state index in [0.717, 1.165) is 50.1 Å². The molecule has 1 aromatic rings. The lowest BCUT2D eigenvalue weighted by atomic mass is 9.91. The van der Waals surface area contributed by atoms with Crippen LogP contribution in [0.2, 0.25) is 0 Å². The molecule has 2 unspecified atom stereocenters. The first kappa shape index (κ1) is 20.5. The van der Waals surface area contributed by atoms with Gasteiger partial charge < -0.3 is 14.5 Å². The Bertz CT molecular complexity index is 864.